The van der Waals surface area contributed by atoms with Gasteiger partial charge in [0.1, 0.15) is 5.75 Å². The number of hydrogen-bond acceptors (Lipinski definition) is 3. The first-order valence-corrected chi connectivity index (χ1v) is 7.77. The highest BCUT2D eigenvalue weighted by Crippen LogP contribution is 2.32. The van der Waals surface area contributed by atoms with Gasteiger partial charge in [-0.1, -0.05) is 44.2 Å². The molecule has 3 N–H and O–H groups in total. The van der Waals surface area contributed by atoms with Crippen LogP contribution in [0.3, 0.4) is 0 Å². The molecule has 0 bridgehead atoms. The van der Waals surface area contributed by atoms with Crippen LogP contribution in [0.1, 0.15) is 13.8 Å². The lowest BCUT2D eigenvalue weighted by Crippen LogP contribution is -2.05. The normalized spacial score (nSPS) is 10.9. The van der Waals surface area contributed by atoms with E-state index in [4.69, 9.17) is 10.5 Å². The molecule has 3 rings (SSSR count). The Morgan fingerprint density at radius 3 is 2.48 bits per heavy atom. The van der Waals surface area contributed by atoms with Crippen LogP contribution < -0.4 is 10.5 Å². The zero-order valence-corrected chi connectivity index (χ0v) is 13.4. The summed E-state index contributed by atoms with van der Waals surface area (Å²) in [6.07, 6.45) is 0. The van der Waals surface area contributed by atoms with Crippen LogP contribution in [-0.4, -0.2) is 16.8 Å². The lowest BCUT2D eigenvalue weighted by molar-refractivity contribution is 0.272. The van der Waals surface area contributed by atoms with Crippen LogP contribution in [-0.2, 0) is 0 Å². The van der Waals surface area contributed by atoms with Gasteiger partial charge in [0.15, 0.2) is 0 Å². The summed E-state index contributed by atoms with van der Waals surface area (Å²) in [4.78, 5) is 0. The Morgan fingerprint density at radius 2 is 1.74 bits per heavy atom. The van der Waals surface area contributed by atoms with E-state index < -0.39 is 0 Å². The molecule has 118 valence electrons. The second-order valence-corrected chi connectivity index (χ2v) is 5.96. The van der Waals surface area contributed by atoms with E-state index in [1.807, 2.05) is 54.6 Å². The van der Waals surface area contributed by atoms with Gasteiger partial charge in [-0.05, 0) is 30.2 Å². The molecule has 0 amide bonds. The van der Waals surface area contributed by atoms with Crippen molar-refractivity contribution in [3.05, 3.63) is 54.6 Å². The first-order valence-electron chi connectivity index (χ1n) is 7.77. The van der Waals surface area contributed by atoms with Crippen molar-refractivity contribution < 1.29 is 4.74 Å². The molecule has 23 heavy (non-hydrogen) atoms. The van der Waals surface area contributed by atoms with Crippen molar-refractivity contribution in [2.24, 2.45) is 5.92 Å². The molecule has 2 aromatic carbocycles. The minimum Gasteiger partial charge on any atom is -0.493 e. The van der Waals surface area contributed by atoms with Crippen molar-refractivity contribution in [2.45, 2.75) is 13.8 Å². The molecule has 0 saturated heterocycles. The van der Waals surface area contributed by atoms with Gasteiger partial charge in [-0.15, -0.1) is 0 Å². The van der Waals surface area contributed by atoms with Crippen LogP contribution in [0.5, 0.6) is 5.75 Å². The maximum Gasteiger partial charge on any atom is 0.128 e. The standard InChI is InChI=1S/C19H21N3O/c1-13(2)12-23-19-10-6-4-8-15(19)18-11-17(21-22-18)14-7-3-5-9-16(14)20/h3-11,13H,12,20H2,1-2H3,(H,21,22). The van der Waals surface area contributed by atoms with Crippen LogP contribution in [0.15, 0.2) is 54.6 Å². The summed E-state index contributed by atoms with van der Waals surface area (Å²) in [6, 6.07) is 17.7. The minimum atomic E-state index is 0.474. The summed E-state index contributed by atoms with van der Waals surface area (Å²) in [5.41, 5.74) is 10.4. The molecule has 4 nitrogen and oxygen atoms in total. The van der Waals surface area contributed by atoms with Crippen LogP contribution in [0.4, 0.5) is 5.69 Å². The van der Waals surface area contributed by atoms with Gasteiger partial charge in [-0.3, -0.25) is 5.10 Å². The lowest BCUT2D eigenvalue weighted by Gasteiger charge is -2.11. The van der Waals surface area contributed by atoms with Crippen molar-refractivity contribution >= 4 is 5.69 Å². The molecule has 0 aliphatic rings. The van der Waals surface area contributed by atoms with Gasteiger partial charge < -0.3 is 10.5 Å². The van der Waals surface area contributed by atoms with Crippen LogP contribution >= 0.6 is 0 Å². The van der Waals surface area contributed by atoms with Crippen molar-refractivity contribution in [2.75, 3.05) is 12.3 Å². The average Bonchev–Trinajstić information content (AvgIpc) is 3.03. The van der Waals surface area contributed by atoms with Crippen molar-refractivity contribution in [3.8, 4) is 28.3 Å². The number of aromatic amines is 1. The van der Waals surface area contributed by atoms with E-state index in [1.54, 1.807) is 0 Å². The van der Waals surface area contributed by atoms with E-state index in [-0.39, 0.29) is 0 Å². The molecule has 3 aromatic rings. The second kappa shape index (κ2) is 6.57. The van der Waals surface area contributed by atoms with Crippen LogP contribution in [0.2, 0.25) is 0 Å². The third-order valence-corrected chi connectivity index (χ3v) is 3.56. The molecule has 0 saturated carbocycles. The zero-order chi connectivity index (χ0) is 16.2. The predicted molar refractivity (Wildman–Crippen MR) is 94.2 cm³/mol. The molecule has 0 aliphatic heterocycles. The number of nitrogens with one attached hydrogen (secondary N) is 1. The van der Waals surface area contributed by atoms with Crippen molar-refractivity contribution in [1.82, 2.24) is 10.2 Å². The third-order valence-electron chi connectivity index (χ3n) is 3.56. The quantitative estimate of drug-likeness (QED) is 0.688. The molecule has 0 aliphatic carbocycles. The summed E-state index contributed by atoms with van der Waals surface area (Å²) in [5, 5.41) is 7.50. The van der Waals surface area contributed by atoms with E-state index in [9.17, 15) is 0 Å². The molecular weight excluding hydrogens is 286 g/mol. The van der Waals surface area contributed by atoms with E-state index in [1.165, 1.54) is 0 Å². The van der Waals surface area contributed by atoms with Gasteiger partial charge in [-0.25, -0.2) is 0 Å². The number of nitrogens with zero attached hydrogens (tertiary/aromatic N) is 1. The maximum absolute atomic E-state index is 6.04. The highest BCUT2D eigenvalue weighted by molar-refractivity contribution is 5.77. The molecular formula is C19H21N3O. The fourth-order valence-corrected chi connectivity index (χ4v) is 2.40. The number of nitrogens with two attached hydrogens (primary N) is 1. The van der Waals surface area contributed by atoms with Gasteiger partial charge in [0.25, 0.3) is 0 Å². The van der Waals surface area contributed by atoms with Gasteiger partial charge in [0, 0.05) is 16.8 Å². The van der Waals surface area contributed by atoms with Gasteiger partial charge in [-0.2, -0.15) is 5.10 Å². The Morgan fingerprint density at radius 1 is 1.04 bits per heavy atom. The highest BCUT2D eigenvalue weighted by atomic mass is 16.5. The molecule has 0 fully saturated rings. The highest BCUT2D eigenvalue weighted by Gasteiger charge is 2.12. The van der Waals surface area contributed by atoms with E-state index in [0.29, 0.717) is 12.5 Å². The minimum absolute atomic E-state index is 0.474. The number of benzene rings is 2. The Balaban J connectivity index is 1.93. The number of anilines is 1. The summed E-state index contributed by atoms with van der Waals surface area (Å²) >= 11 is 0. The number of ether oxygens (including phenoxy) is 1. The number of nitrogen functional groups attached to an aromatic ring is 1. The predicted octanol–water partition coefficient (Wildman–Crippen LogP) is 4.36. The fraction of sp³-hybridized carbons (Fsp3) is 0.211. The first-order chi connectivity index (χ1) is 11.1. The SMILES string of the molecule is CC(C)COc1ccccc1-c1cc(-c2ccccc2N)[nH]n1. The average molecular weight is 307 g/mol. The summed E-state index contributed by atoms with van der Waals surface area (Å²) in [7, 11) is 0. The molecule has 0 unspecified atom stereocenters. The Labute approximate surface area is 136 Å². The van der Waals surface area contributed by atoms with Crippen molar-refractivity contribution in [3.63, 3.8) is 0 Å². The summed E-state index contributed by atoms with van der Waals surface area (Å²) in [5.74, 6) is 1.32. The molecule has 0 spiro atoms. The third kappa shape index (κ3) is 3.37. The van der Waals surface area contributed by atoms with E-state index in [0.717, 1.165) is 34.0 Å². The number of H-pyrrole nitrogens is 1. The number of para-hydroxylation sites is 2. The molecule has 1 aromatic heterocycles. The number of rotatable bonds is 5. The van der Waals surface area contributed by atoms with Crippen molar-refractivity contribution in [1.29, 1.82) is 0 Å². The Bertz CT molecular complexity index is 793. The number of aromatic nitrogens is 2. The summed E-state index contributed by atoms with van der Waals surface area (Å²) in [6.45, 7) is 4.95. The maximum atomic E-state index is 6.04. The first kappa shape index (κ1) is 15.2. The van der Waals surface area contributed by atoms with Gasteiger partial charge in [0.05, 0.1) is 18.0 Å². The van der Waals surface area contributed by atoms with Crippen LogP contribution in [0, 0.1) is 5.92 Å². The monoisotopic (exact) mass is 307 g/mol. The smallest absolute Gasteiger partial charge is 0.128 e. The number of hydrogen-bond donors (Lipinski definition) is 2. The van der Waals surface area contributed by atoms with Crippen LogP contribution in [0.25, 0.3) is 22.5 Å². The molecule has 1 heterocycles. The lowest BCUT2D eigenvalue weighted by atomic mass is 10.1. The van der Waals surface area contributed by atoms with Gasteiger partial charge >= 0.3 is 0 Å². The largest absolute Gasteiger partial charge is 0.493 e. The second-order valence-electron chi connectivity index (χ2n) is 5.96. The summed E-state index contributed by atoms with van der Waals surface area (Å²) < 4.78 is 5.91. The Hall–Kier alpha value is -2.75. The van der Waals surface area contributed by atoms with E-state index in [2.05, 4.69) is 24.0 Å². The topological polar surface area (TPSA) is 63.9 Å². The fourth-order valence-electron chi connectivity index (χ4n) is 2.40. The zero-order valence-electron chi connectivity index (χ0n) is 13.4. The van der Waals surface area contributed by atoms with Gasteiger partial charge in [0.2, 0.25) is 0 Å². The Kier molecular flexibility index (Phi) is 4.33. The molecule has 0 atom stereocenters. The van der Waals surface area contributed by atoms with E-state index >= 15 is 0 Å². The molecule has 0 radical (unpaired) electrons. The molecule has 4 heteroatoms.